The zero-order valence-corrected chi connectivity index (χ0v) is 62.4. The van der Waals surface area contributed by atoms with Gasteiger partial charge in [0.15, 0.2) is 56.1 Å². The molecule has 0 aromatic carbocycles. The number of carbonyl (C=O) groups is 4. The molecule has 0 radical (unpaired) electrons. The molecule has 628 valence electrons. The lowest BCUT2D eigenvalue weighted by atomic mass is 9.33. The third-order valence-corrected chi connectivity index (χ3v) is 26.9. The van der Waals surface area contributed by atoms with E-state index in [2.05, 4.69) is 32.9 Å². The van der Waals surface area contributed by atoms with Gasteiger partial charge in [-0.25, -0.2) is 4.79 Å². The van der Waals surface area contributed by atoms with Crippen LogP contribution in [0.15, 0.2) is 12.2 Å². The molecule has 7 heterocycles. The molecule has 45 atom stereocenters. The second-order valence-corrected chi connectivity index (χ2v) is 34.2. The van der Waals surface area contributed by atoms with Gasteiger partial charge in [-0.15, -0.1) is 0 Å². The predicted molar refractivity (Wildman–Crippen MR) is 358 cm³/mol. The van der Waals surface area contributed by atoms with Gasteiger partial charge >= 0.3 is 17.9 Å². The normalized spacial score (nSPS) is 54.3. The fraction of sp³-hybridized carbons (Fsp3) is 0.917. The Kier molecular flexibility index (Phi) is 25.6. The zero-order chi connectivity index (χ0) is 80.4. The van der Waals surface area contributed by atoms with Crippen molar-refractivity contribution in [2.75, 3.05) is 26.4 Å². The van der Waals surface area contributed by atoms with Crippen molar-refractivity contribution < 1.29 is 187 Å². The first-order valence-corrected chi connectivity index (χ1v) is 37.9. The van der Waals surface area contributed by atoms with Gasteiger partial charge in [0.05, 0.1) is 62.2 Å². The third-order valence-electron chi connectivity index (χ3n) is 26.9. The molecule has 0 spiro atoms. The van der Waals surface area contributed by atoms with Crippen LogP contribution in [-0.4, -0.2) is 363 Å². The van der Waals surface area contributed by atoms with Gasteiger partial charge in [-0.2, -0.15) is 0 Å². The van der Waals surface area contributed by atoms with Crippen molar-refractivity contribution in [3.63, 3.8) is 0 Å². The Hall–Kier alpha value is -3.42. The lowest BCUT2D eigenvalue weighted by Gasteiger charge is -2.71. The number of hydrogen-bond donors (Lipinski definition) is 19. The Morgan fingerprint density at radius 2 is 0.973 bits per heavy atom. The van der Waals surface area contributed by atoms with E-state index < -0.39 is 310 Å². The molecule has 0 bridgehead atoms. The highest BCUT2D eigenvalue weighted by Crippen LogP contribution is 2.75. The molecule has 4 saturated carbocycles. The molecular weight excluding hydrogens is 1470 g/mol. The fourth-order valence-corrected chi connectivity index (χ4v) is 20.8. The average Bonchev–Trinajstić information content (AvgIpc) is 0.675. The van der Waals surface area contributed by atoms with Crippen molar-refractivity contribution in [1.29, 1.82) is 0 Å². The number of ether oxygens (including phenoxy) is 15. The molecule has 0 aromatic heterocycles. The number of aliphatic hydroxyl groups is 18. The van der Waals surface area contributed by atoms with Gasteiger partial charge in [0.25, 0.3) is 0 Å². The number of carbonyl (C=O) groups excluding carboxylic acids is 3. The van der Waals surface area contributed by atoms with Gasteiger partial charge in [-0.1, -0.05) is 53.7 Å². The Balaban J connectivity index is 0.822. The first-order valence-electron chi connectivity index (χ1n) is 37.9. The summed E-state index contributed by atoms with van der Waals surface area (Å²) in [6.45, 7) is 13.0. The predicted octanol–water partition coefficient (Wildman–Crippen LogP) is -6.70. The first kappa shape index (κ1) is 85.9. The summed E-state index contributed by atoms with van der Waals surface area (Å²) < 4.78 is 90.9. The summed E-state index contributed by atoms with van der Waals surface area (Å²) >= 11 is 0. The summed E-state index contributed by atoms with van der Waals surface area (Å²) in [7, 11) is 0. The number of aliphatic hydroxyl groups excluding tert-OH is 18. The summed E-state index contributed by atoms with van der Waals surface area (Å²) in [6, 6.07) is 0. The number of esters is 2. The monoisotopic (exact) mass is 1580 g/mol. The van der Waals surface area contributed by atoms with Gasteiger partial charge in [0, 0.05) is 12.8 Å². The van der Waals surface area contributed by atoms with Gasteiger partial charge in [-0.05, 0) is 104 Å². The molecule has 35 unspecified atom stereocenters. The van der Waals surface area contributed by atoms with Crippen LogP contribution in [0.5, 0.6) is 0 Å². The van der Waals surface area contributed by atoms with E-state index in [0.717, 1.165) is 13.2 Å². The van der Waals surface area contributed by atoms with E-state index in [1.165, 1.54) is 13.8 Å². The number of aldehydes is 1. The topological polar surface area (TPSA) is 591 Å². The molecule has 5 aliphatic carbocycles. The molecule has 0 amide bonds. The molecule has 12 aliphatic rings. The Bertz CT molecular complexity index is 3220. The van der Waals surface area contributed by atoms with Crippen LogP contribution < -0.4 is 0 Å². The number of aliphatic carboxylic acids is 1. The SMILES string of the molecule is CC(=O)OC1C(C)OC(OC(=O)[C@@H]2CC(C)(C)C[C@@H]3C2[C@H](O)C[C@]2(C)C3C=C[C@@H]3[C@@]4(C)CC[C@H](OC5OC(C(=O)O)C(O)C(OC6OCC(O)C(O)C6O)C5OC5OC(CO)C(O)C(O)C5O)[C@@](C)(C=O)[C@@H]4CC[C@]32C)C(OC2OC(C)C(OC3OCC(O)C(O)C3O)C(O)C2O)C1OC1OC(CO)C(O)C(O)C1O. The molecule has 19 N–H and O–H groups in total. The van der Waals surface area contributed by atoms with Crippen LogP contribution >= 0.6 is 0 Å². The quantitative estimate of drug-likeness (QED) is 0.0247. The first-order chi connectivity index (χ1) is 51.6. The van der Waals surface area contributed by atoms with Gasteiger partial charge in [0.2, 0.25) is 6.29 Å². The summed E-state index contributed by atoms with van der Waals surface area (Å²) in [6.07, 6.45) is -56.2. The van der Waals surface area contributed by atoms with Crippen LogP contribution in [-0.2, 0) is 90.2 Å². The van der Waals surface area contributed by atoms with E-state index >= 15 is 4.79 Å². The maximum absolute atomic E-state index is 15.7. The minimum absolute atomic E-state index is 0.0771. The van der Waals surface area contributed by atoms with Crippen molar-refractivity contribution in [2.45, 2.75) is 322 Å². The fourth-order valence-electron chi connectivity index (χ4n) is 20.8. The Morgan fingerprint density at radius 3 is 1.52 bits per heavy atom. The molecule has 110 heavy (non-hydrogen) atoms. The van der Waals surface area contributed by atoms with E-state index in [4.69, 9.17) is 71.1 Å². The molecule has 0 aromatic rings. The lowest BCUT2D eigenvalue weighted by molar-refractivity contribution is -0.391. The van der Waals surface area contributed by atoms with E-state index in [0.29, 0.717) is 25.7 Å². The number of carboxylic acid groups (broad SMARTS) is 1. The smallest absolute Gasteiger partial charge is 0.335 e. The van der Waals surface area contributed by atoms with Crippen molar-refractivity contribution in [3.05, 3.63) is 12.2 Å². The van der Waals surface area contributed by atoms with E-state index in [9.17, 15) is 111 Å². The number of rotatable bonds is 19. The summed E-state index contributed by atoms with van der Waals surface area (Å²) in [5.41, 5.74) is -4.27. The summed E-state index contributed by atoms with van der Waals surface area (Å²) in [4.78, 5) is 56.0. The highest BCUT2D eigenvalue weighted by molar-refractivity contribution is 5.74. The standard InChI is InChI=1S/C72H112O38/c1-24-52(104-61-46(87)39(80)31(78)21-96-61)45(86)50(91)63(98-24)109-58-56(107-64-48(89)43(84)41(82)33(19-73)101-64)53(100-26(3)76)25(2)99-66(58)110-60(95)28-17-68(4,5)16-27-29-10-11-36-69(6)14-13-37(70(7,23-75)35(69)12-15-71(36,8)72(29,9)18-30(77)38(27)28)103-67-57(108-65-49(90)44(85)42(83)34(20-74)102-65)54(51(92)55(106-67)59(93)94)105-62-47(88)40(81)32(79)22-97-62/h10-11,23-25,27-58,61-67,73-74,77-92H,12-22H2,1-9H3,(H,93,94)/t24?,25?,27-,28+,29?,30+,31?,32?,33?,34?,35+,36+,37-,38?,39?,40?,41?,42?,43?,44?,45?,46?,47?,48?,49?,50?,51?,52?,53?,54?,55?,56?,57?,58?,61?,62?,63?,64?,65?,66?,67?,69-,70-,71+,72+/m0/s1. The van der Waals surface area contributed by atoms with E-state index in [1.54, 1.807) is 6.92 Å². The minimum Gasteiger partial charge on any atom is -0.479 e. The van der Waals surface area contributed by atoms with Crippen molar-refractivity contribution in [2.24, 2.45) is 62.6 Å². The molecular formula is C72H112O38. The van der Waals surface area contributed by atoms with Crippen LogP contribution in [0.2, 0.25) is 0 Å². The van der Waals surface area contributed by atoms with Gasteiger partial charge in [-0.3, -0.25) is 9.59 Å². The van der Waals surface area contributed by atoms with Gasteiger partial charge in [0.1, 0.15) is 134 Å². The Morgan fingerprint density at radius 1 is 0.473 bits per heavy atom. The third kappa shape index (κ3) is 15.3. The molecule has 38 nitrogen and oxygen atoms in total. The molecule has 12 rings (SSSR count). The second kappa shape index (κ2) is 32.8. The van der Waals surface area contributed by atoms with Crippen LogP contribution in [0.25, 0.3) is 0 Å². The van der Waals surface area contributed by atoms with Crippen LogP contribution in [0.3, 0.4) is 0 Å². The van der Waals surface area contributed by atoms with Crippen molar-refractivity contribution in [1.82, 2.24) is 0 Å². The minimum atomic E-state index is -2.23. The lowest BCUT2D eigenvalue weighted by Crippen LogP contribution is -2.69. The maximum atomic E-state index is 15.7. The largest absolute Gasteiger partial charge is 0.479 e. The van der Waals surface area contributed by atoms with Crippen LogP contribution in [0, 0.1) is 62.6 Å². The van der Waals surface area contributed by atoms with E-state index in [-0.39, 0.29) is 31.1 Å². The van der Waals surface area contributed by atoms with Crippen molar-refractivity contribution >= 4 is 24.2 Å². The van der Waals surface area contributed by atoms with Crippen LogP contribution in [0.4, 0.5) is 0 Å². The summed E-state index contributed by atoms with van der Waals surface area (Å²) in [5.74, 6) is -7.08. The molecule has 38 heteroatoms. The number of carboxylic acids is 1. The van der Waals surface area contributed by atoms with Crippen molar-refractivity contribution in [3.8, 4) is 0 Å². The summed E-state index contributed by atoms with van der Waals surface area (Å²) in [5, 5.41) is 208. The Labute approximate surface area is 632 Å². The highest BCUT2D eigenvalue weighted by atomic mass is 16.8. The number of hydrogen-bond acceptors (Lipinski definition) is 37. The van der Waals surface area contributed by atoms with Crippen LogP contribution in [0.1, 0.15) is 107 Å². The van der Waals surface area contributed by atoms with Gasteiger partial charge < -0.3 is 173 Å². The number of allylic oxidation sites excluding steroid dienone is 2. The number of fused-ring (bicyclic) bond motifs is 7. The maximum Gasteiger partial charge on any atom is 0.335 e. The van der Waals surface area contributed by atoms with E-state index in [1.807, 2.05) is 13.8 Å². The average molecular weight is 1590 g/mol. The second-order valence-electron chi connectivity index (χ2n) is 34.2. The molecule has 7 saturated heterocycles. The zero-order valence-electron chi connectivity index (χ0n) is 62.4. The molecule has 11 fully saturated rings. The molecule has 7 aliphatic heterocycles. The highest BCUT2D eigenvalue weighted by Gasteiger charge is 2.72.